The molecule has 0 amide bonds. The van der Waals surface area contributed by atoms with Gasteiger partial charge in [-0.15, -0.1) is 0 Å². The fraction of sp³-hybridized carbons (Fsp3) is 0.222. The molecule has 1 heterocycles. The van der Waals surface area contributed by atoms with Crippen LogP contribution in [-0.4, -0.2) is 19.1 Å². The number of fused-ring (bicyclic) bond motifs is 1. The van der Waals surface area contributed by atoms with E-state index in [9.17, 15) is 13.7 Å². The van der Waals surface area contributed by atoms with Crippen molar-refractivity contribution in [2.24, 2.45) is 5.14 Å². The summed E-state index contributed by atoms with van der Waals surface area (Å²) in [5, 5.41) is 23.3. The third-order valence-electron chi connectivity index (χ3n) is 4.25. The summed E-state index contributed by atoms with van der Waals surface area (Å²) in [4.78, 5) is 1.65. The third-order valence-corrected chi connectivity index (χ3v) is 5.03. The topological polar surface area (TPSA) is 111 Å². The molecule has 0 bridgehead atoms. The van der Waals surface area contributed by atoms with Crippen LogP contribution >= 0.6 is 0 Å². The first-order valence-electron chi connectivity index (χ1n) is 7.70. The number of nitrogens with zero attached hydrogens (tertiary/aromatic N) is 3. The number of benzene rings is 2. The predicted molar refractivity (Wildman–Crippen MR) is 93.1 cm³/mol. The molecule has 0 aliphatic carbocycles. The van der Waals surface area contributed by atoms with E-state index in [0.29, 0.717) is 25.1 Å². The molecular formula is C18H16N4O2S. The first-order valence-corrected chi connectivity index (χ1v) is 9.41. The molecule has 126 valence electrons. The summed E-state index contributed by atoms with van der Waals surface area (Å²) in [6, 6.07) is 13.2. The molecule has 0 saturated heterocycles. The van der Waals surface area contributed by atoms with E-state index in [1.807, 2.05) is 24.3 Å². The molecule has 0 saturated carbocycles. The van der Waals surface area contributed by atoms with E-state index >= 15 is 0 Å². The van der Waals surface area contributed by atoms with E-state index in [1.165, 1.54) is 0 Å². The van der Waals surface area contributed by atoms with Crippen molar-refractivity contribution in [1.82, 2.24) is 4.90 Å². The van der Waals surface area contributed by atoms with Crippen LogP contribution in [0.15, 0.2) is 36.4 Å². The van der Waals surface area contributed by atoms with Gasteiger partial charge in [0, 0.05) is 0 Å². The fourth-order valence-corrected chi connectivity index (χ4v) is 3.56. The zero-order chi connectivity index (χ0) is 18.0. The Kier molecular flexibility index (Phi) is 4.45. The summed E-state index contributed by atoms with van der Waals surface area (Å²) in [5.41, 5.74) is 5.42. The molecule has 2 N–H and O–H groups in total. The lowest BCUT2D eigenvalue weighted by Crippen LogP contribution is -2.18. The summed E-state index contributed by atoms with van der Waals surface area (Å²) in [6.45, 7) is 1.04. The molecule has 0 unspecified atom stereocenters. The van der Waals surface area contributed by atoms with Crippen LogP contribution in [0.1, 0.15) is 22.3 Å². The predicted octanol–water partition coefficient (Wildman–Crippen LogP) is 1.85. The Morgan fingerprint density at radius 3 is 2.44 bits per heavy atom. The molecule has 3 rings (SSSR count). The smallest absolute Gasteiger partial charge is 0.209 e. The van der Waals surface area contributed by atoms with Gasteiger partial charge in [-0.1, -0.05) is 24.3 Å². The monoisotopic (exact) mass is 352 g/mol. The minimum absolute atomic E-state index is 0.124. The molecule has 2 aromatic rings. The first kappa shape index (κ1) is 17.0. The van der Waals surface area contributed by atoms with Gasteiger partial charge in [0.2, 0.25) is 10.0 Å². The summed E-state index contributed by atoms with van der Waals surface area (Å²) in [5.74, 6) is -0.124. The van der Waals surface area contributed by atoms with Gasteiger partial charge in [-0.25, -0.2) is 13.6 Å². The molecular weight excluding hydrogens is 336 g/mol. The summed E-state index contributed by atoms with van der Waals surface area (Å²) in [6.07, 6.45) is 2.48. The minimum atomic E-state index is -3.54. The molecule has 6 nitrogen and oxygen atoms in total. The van der Waals surface area contributed by atoms with Crippen molar-refractivity contribution >= 4 is 10.0 Å². The molecule has 0 radical (unpaired) electrons. The van der Waals surface area contributed by atoms with Gasteiger partial charge in [0.25, 0.3) is 0 Å². The van der Waals surface area contributed by atoms with Crippen LogP contribution in [0.5, 0.6) is 0 Å². The van der Waals surface area contributed by atoms with E-state index < -0.39 is 10.0 Å². The second-order valence-electron chi connectivity index (χ2n) is 6.04. The lowest BCUT2D eigenvalue weighted by molar-refractivity contribution is 0.417. The summed E-state index contributed by atoms with van der Waals surface area (Å²) >= 11 is 0. The van der Waals surface area contributed by atoms with Crippen molar-refractivity contribution in [2.75, 3.05) is 5.75 Å². The molecule has 0 spiro atoms. The van der Waals surface area contributed by atoms with Crippen molar-refractivity contribution in [3.8, 4) is 23.4 Å². The highest BCUT2D eigenvalue weighted by Gasteiger charge is 2.22. The average molecular weight is 352 g/mol. The van der Waals surface area contributed by atoms with Gasteiger partial charge in [0.05, 0.1) is 30.5 Å². The lowest BCUT2D eigenvalue weighted by atomic mass is 9.93. The van der Waals surface area contributed by atoms with Gasteiger partial charge in [0.1, 0.15) is 0 Å². The van der Waals surface area contributed by atoms with E-state index in [2.05, 4.69) is 12.3 Å². The standard InChI is InChI=1S/C18H16N4O2S/c19-9-13-1-3-15(4-2-13)17-8-14(5-6-25(21,23)24)7-16-10-22(12-20)11-18(16)17/h1-4,7-8H,5-6,10-11H2,(H2,21,23,24). The van der Waals surface area contributed by atoms with Gasteiger partial charge in [-0.3, -0.25) is 0 Å². The van der Waals surface area contributed by atoms with Crippen molar-refractivity contribution in [2.45, 2.75) is 19.5 Å². The quantitative estimate of drug-likeness (QED) is 0.844. The Morgan fingerprint density at radius 1 is 1.12 bits per heavy atom. The number of rotatable bonds is 4. The van der Waals surface area contributed by atoms with Crippen LogP contribution in [-0.2, 0) is 29.5 Å². The zero-order valence-corrected chi connectivity index (χ0v) is 14.3. The van der Waals surface area contributed by atoms with E-state index in [1.54, 1.807) is 17.0 Å². The molecule has 0 fully saturated rings. The number of primary sulfonamides is 1. The third kappa shape index (κ3) is 3.80. The second-order valence-corrected chi connectivity index (χ2v) is 7.78. The van der Waals surface area contributed by atoms with Gasteiger partial charge >= 0.3 is 0 Å². The van der Waals surface area contributed by atoms with Gasteiger partial charge in [-0.2, -0.15) is 10.5 Å². The first-order chi connectivity index (χ1) is 11.9. The number of nitrogens with two attached hydrogens (primary N) is 1. The molecule has 0 atom stereocenters. The molecule has 1 aliphatic rings. The van der Waals surface area contributed by atoms with E-state index in [4.69, 9.17) is 10.4 Å². The highest BCUT2D eigenvalue weighted by molar-refractivity contribution is 7.89. The number of aryl methyl sites for hydroxylation is 1. The average Bonchev–Trinajstić information content (AvgIpc) is 3.02. The van der Waals surface area contributed by atoms with Crippen molar-refractivity contribution in [3.05, 3.63) is 58.7 Å². The molecule has 1 aliphatic heterocycles. The number of hydrogen-bond acceptors (Lipinski definition) is 5. The molecule has 7 heteroatoms. The lowest BCUT2D eigenvalue weighted by Gasteiger charge is -2.12. The minimum Gasteiger partial charge on any atom is -0.302 e. The Hall–Kier alpha value is -2.87. The van der Waals surface area contributed by atoms with E-state index in [0.717, 1.165) is 27.8 Å². The maximum absolute atomic E-state index is 11.3. The summed E-state index contributed by atoms with van der Waals surface area (Å²) in [7, 11) is -3.54. The Bertz CT molecular complexity index is 999. The maximum Gasteiger partial charge on any atom is 0.209 e. The molecule has 2 aromatic carbocycles. The van der Waals surface area contributed by atoms with Crippen LogP contribution < -0.4 is 5.14 Å². The van der Waals surface area contributed by atoms with Crippen LogP contribution in [0.4, 0.5) is 0 Å². The van der Waals surface area contributed by atoms with Crippen LogP contribution in [0, 0.1) is 22.8 Å². The van der Waals surface area contributed by atoms with Gasteiger partial charge in [-0.05, 0) is 46.4 Å². The SMILES string of the molecule is N#Cc1ccc(-c2cc(CCS(N)(=O)=O)cc3c2CN(C#N)C3)cc1. The number of sulfonamides is 1. The molecule has 0 aromatic heterocycles. The summed E-state index contributed by atoms with van der Waals surface area (Å²) < 4.78 is 22.5. The van der Waals surface area contributed by atoms with Crippen LogP contribution in [0.2, 0.25) is 0 Å². The zero-order valence-electron chi connectivity index (χ0n) is 13.4. The number of nitriles is 2. The van der Waals surface area contributed by atoms with Gasteiger partial charge in [0.15, 0.2) is 6.19 Å². The second kappa shape index (κ2) is 6.56. The van der Waals surface area contributed by atoms with Crippen molar-refractivity contribution in [3.63, 3.8) is 0 Å². The normalized spacial score (nSPS) is 13.2. The van der Waals surface area contributed by atoms with Crippen molar-refractivity contribution in [1.29, 1.82) is 10.5 Å². The van der Waals surface area contributed by atoms with E-state index in [-0.39, 0.29) is 5.75 Å². The number of hydrogen-bond donors (Lipinski definition) is 1. The van der Waals surface area contributed by atoms with Crippen LogP contribution in [0.25, 0.3) is 11.1 Å². The van der Waals surface area contributed by atoms with Crippen LogP contribution in [0.3, 0.4) is 0 Å². The fourth-order valence-electron chi connectivity index (χ4n) is 3.04. The Balaban J connectivity index is 2.04. The highest BCUT2D eigenvalue weighted by Crippen LogP contribution is 2.34. The Morgan fingerprint density at radius 2 is 1.84 bits per heavy atom. The van der Waals surface area contributed by atoms with Crippen molar-refractivity contribution < 1.29 is 8.42 Å². The highest BCUT2D eigenvalue weighted by atomic mass is 32.2. The largest absolute Gasteiger partial charge is 0.302 e. The Labute approximate surface area is 146 Å². The van der Waals surface area contributed by atoms with Gasteiger partial charge < -0.3 is 4.90 Å². The maximum atomic E-state index is 11.3. The molecule has 25 heavy (non-hydrogen) atoms.